The number of nitrogens with zero attached hydrogens (tertiary/aromatic N) is 4. The largest absolute Gasteiger partial charge is 0.496 e. The Morgan fingerprint density at radius 2 is 1.86 bits per heavy atom. The van der Waals surface area contributed by atoms with Crippen LogP contribution < -0.4 is 4.74 Å². The van der Waals surface area contributed by atoms with Crippen molar-refractivity contribution in [3.8, 4) is 28.8 Å². The maximum absolute atomic E-state index is 13.3. The molecular formula is C28H24N4O3. The molecule has 1 aliphatic rings. The molecule has 4 rings (SSSR count). The Hall–Kier alpha value is -4.70. The van der Waals surface area contributed by atoms with Gasteiger partial charge in [-0.05, 0) is 61.4 Å². The number of ether oxygens (including phenoxy) is 1. The summed E-state index contributed by atoms with van der Waals surface area (Å²) in [4.78, 5) is 27.0. The van der Waals surface area contributed by atoms with Crippen molar-refractivity contribution in [1.82, 2.24) is 14.7 Å². The molecule has 174 valence electrons. The fourth-order valence-electron chi connectivity index (χ4n) is 4.04. The molecule has 0 N–H and O–H groups in total. The Labute approximate surface area is 203 Å². The Bertz CT molecular complexity index is 1440. The zero-order valence-electron chi connectivity index (χ0n) is 19.8. The second-order valence-electron chi connectivity index (χ2n) is 8.08. The topological polar surface area (TPSA) is 88.2 Å². The van der Waals surface area contributed by atoms with Crippen LogP contribution in [0.2, 0.25) is 0 Å². The van der Waals surface area contributed by atoms with E-state index in [9.17, 15) is 14.9 Å². The first-order chi connectivity index (χ1) is 16.9. The van der Waals surface area contributed by atoms with Crippen molar-refractivity contribution in [1.29, 1.82) is 5.26 Å². The second kappa shape index (κ2) is 9.65. The Kier molecular flexibility index (Phi) is 6.47. The first-order valence-electron chi connectivity index (χ1n) is 11.0. The lowest BCUT2D eigenvalue weighted by Gasteiger charge is -2.26. The number of rotatable bonds is 6. The van der Waals surface area contributed by atoms with E-state index in [4.69, 9.17) is 9.84 Å². The van der Waals surface area contributed by atoms with Crippen LogP contribution in [0.1, 0.15) is 18.1 Å². The lowest BCUT2D eigenvalue weighted by Crippen LogP contribution is -2.42. The van der Waals surface area contributed by atoms with E-state index in [1.165, 1.54) is 6.08 Å². The SMILES string of the molecule is C=CCN1C(=O)C(C#N)=C(C)/C(=C\c2cn(-c3ccccc3)nc2-c2ccc(OC)c(C)c2)C1=O. The van der Waals surface area contributed by atoms with Gasteiger partial charge in [-0.3, -0.25) is 14.5 Å². The fourth-order valence-corrected chi connectivity index (χ4v) is 4.04. The summed E-state index contributed by atoms with van der Waals surface area (Å²) in [5, 5.41) is 14.4. The average Bonchev–Trinajstić information content (AvgIpc) is 3.29. The highest BCUT2D eigenvalue weighted by atomic mass is 16.5. The number of para-hydroxylation sites is 1. The maximum Gasteiger partial charge on any atom is 0.271 e. The third-order valence-electron chi connectivity index (χ3n) is 5.87. The maximum atomic E-state index is 13.3. The zero-order chi connectivity index (χ0) is 25.1. The molecule has 3 aromatic rings. The average molecular weight is 465 g/mol. The smallest absolute Gasteiger partial charge is 0.271 e. The van der Waals surface area contributed by atoms with Crippen LogP contribution in [0.25, 0.3) is 23.0 Å². The van der Waals surface area contributed by atoms with Crippen molar-refractivity contribution < 1.29 is 14.3 Å². The molecular weight excluding hydrogens is 440 g/mol. The van der Waals surface area contributed by atoms with Crippen molar-refractivity contribution >= 4 is 17.9 Å². The third kappa shape index (κ3) is 4.30. The van der Waals surface area contributed by atoms with Gasteiger partial charge in [-0.25, -0.2) is 4.68 Å². The first-order valence-corrected chi connectivity index (χ1v) is 11.0. The number of nitriles is 1. The van der Waals surface area contributed by atoms with E-state index in [1.54, 1.807) is 24.8 Å². The minimum Gasteiger partial charge on any atom is -0.496 e. The Morgan fingerprint density at radius 1 is 1.11 bits per heavy atom. The number of amides is 2. The van der Waals surface area contributed by atoms with Crippen LogP contribution in [0, 0.1) is 18.3 Å². The number of aryl methyl sites for hydroxylation is 1. The molecule has 1 aromatic heterocycles. The van der Waals surface area contributed by atoms with Gasteiger partial charge in [0.25, 0.3) is 11.8 Å². The molecule has 35 heavy (non-hydrogen) atoms. The van der Waals surface area contributed by atoms with E-state index in [2.05, 4.69) is 6.58 Å². The molecule has 0 fully saturated rings. The van der Waals surface area contributed by atoms with Gasteiger partial charge in [-0.2, -0.15) is 10.4 Å². The van der Waals surface area contributed by atoms with Gasteiger partial charge in [-0.15, -0.1) is 6.58 Å². The highest BCUT2D eigenvalue weighted by Gasteiger charge is 2.35. The van der Waals surface area contributed by atoms with E-state index in [0.717, 1.165) is 27.5 Å². The molecule has 0 unspecified atom stereocenters. The molecule has 2 amide bonds. The molecule has 2 heterocycles. The van der Waals surface area contributed by atoms with E-state index >= 15 is 0 Å². The first kappa shape index (κ1) is 23.5. The predicted octanol–water partition coefficient (Wildman–Crippen LogP) is 4.63. The molecule has 7 heteroatoms. The van der Waals surface area contributed by atoms with Gasteiger partial charge in [0.05, 0.1) is 18.5 Å². The summed E-state index contributed by atoms with van der Waals surface area (Å²) in [6.45, 7) is 7.21. The third-order valence-corrected chi connectivity index (χ3v) is 5.87. The van der Waals surface area contributed by atoms with Crippen molar-refractivity contribution in [2.75, 3.05) is 13.7 Å². The van der Waals surface area contributed by atoms with Gasteiger partial charge < -0.3 is 4.74 Å². The number of hydrogen-bond acceptors (Lipinski definition) is 5. The number of hydrogen-bond donors (Lipinski definition) is 0. The summed E-state index contributed by atoms with van der Waals surface area (Å²) < 4.78 is 7.14. The molecule has 0 spiro atoms. The molecule has 2 aromatic carbocycles. The van der Waals surface area contributed by atoms with E-state index in [1.807, 2.05) is 67.7 Å². The lowest BCUT2D eigenvalue weighted by atomic mass is 9.93. The summed E-state index contributed by atoms with van der Waals surface area (Å²) in [5.74, 6) is -0.330. The summed E-state index contributed by atoms with van der Waals surface area (Å²) in [7, 11) is 1.62. The van der Waals surface area contributed by atoms with Crippen molar-refractivity contribution in [3.05, 3.63) is 95.2 Å². The van der Waals surface area contributed by atoms with Crippen molar-refractivity contribution in [2.45, 2.75) is 13.8 Å². The predicted molar refractivity (Wildman–Crippen MR) is 133 cm³/mol. The van der Waals surface area contributed by atoms with Crippen LogP contribution in [-0.4, -0.2) is 40.1 Å². The number of carbonyl (C=O) groups excluding carboxylic acids is 2. The van der Waals surface area contributed by atoms with Crippen LogP contribution in [-0.2, 0) is 9.59 Å². The summed E-state index contributed by atoms with van der Waals surface area (Å²) in [6, 6.07) is 17.3. The van der Waals surface area contributed by atoms with Gasteiger partial charge >= 0.3 is 0 Å². The highest BCUT2D eigenvalue weighted by Crippen LogP contribution is 2.32. The molecule has 0 bridgehead atoms. The van der Waals surface area contributed by atoms with Crippen molar-refractivity contribution in [3.63, 3.8) is 0 Å². The number of methoxy groups -OCH3 is 1. The number of carbonyl (C=O) groups is 2. The monoisotopic (exact) mass is 464 g/mol. The van der Waals surface area contributed by atoms with Crippen LogP contribution >= 0.6 is 0 Å². The summed E-state index contributed by atoms with van der Waals surface area (Å²) in [5.41, 5.74) is 4.51. The number of benzene rings is 2. The van der Waals surface area contributed by atoms with Gasteiger partial charge in [0.1, 0.15) is 17.4 Å². The van der Waals surface area contributed by atoms with Crippen LogP contribution in [0.5, 0.6) is 5.75 Å². The minimum absolute atomic E-state index is 0.0152. The minimum atomic E-state index is -0.613. The quantitative estimate of drug-likeness (QED) is 0.301. The Balaban J connectivity index is 1.94. The van der Waals surface area contributed by atoms with Gasteiger partial charge in [0.15, 0.2) is 0 Å². The molecule has 0 aliphatic carbocycles. The summed E-state index contributed by atoms with van der Waals surface area (Å²) in [6.07, 6.45) is 4.99. The van der Waals surface area contributed by atoms with Gasteiger partial charge in [0, 0.05) is 29.4 Å². The molecule has 0 saturated carbocycles. The van der Waals surface area contributed by atoms with E-state index in [0.29, 0.717) is 16.8 Å². The van der Waals surface area contributed by atoms with Gasteiger partial charge in [-0.1, -0.05) is 24.3 Å². The molecule has 7 nitrogen and oxygen atoms in total. The zero-order valence-corrected chi connectivity index (χ0v) is 19.8. The summed E-state index contributed by atoms with van der Waals surface area (Å²) >= 11 is 0. The number of aromatic nitrogens is 2. The van der Waals surface area contributed by atoms with Crippen LogP contribution in [0.4, 0.5) is 0 Å². The van der Waals surface area contributed by atoms with E-state index in [-0.39, 0.29) is 17.7 Å². The van der Waals surface area contributed by atoms with Crippen LogP contribution in [0.3, 0.4) is 0 Å². The van der Waals surface area contributed by atoms with Crippen LogP contribution in [0.15, 0.2) is 84.1 Å². The van der Waals surface area contributed by atoms with Gasteiger partial charge in [0.2, 0.25) is 0 Å². The second-order valence-corrected chi connectivity index (χ2v) is 8.08. The molecule has 0 atom stereocenters. The normalized spacial score (nSPS) is 14.9. The fraction of sp³-hybridized carbons (Fsp3) is 0.143. The van der Waals surface area contributed by atoms with Crippen molar-refractivity contribution in [2.24, 2.45) is 0 Å². The standard InChI is InChI=1S/C28H24N4O3/c1-5-13-31-27(33)23(19(3)24(16-29)28(31)34)15-21-17-32(22-9-7-6-8-10-22)30-26(21)20-11-12-25(35-4)18(2)14-20/h5-12,14-15,17H,1,13H2,2-4H3/b23-15+. The number of imide groups is 1. The highest BCUT2D eigenvalue weighted by molar-refractivity contribution is 6.19. The van der Waals surface area contributed by atoms with E-state index < -0.39 is 11.8 Å². The molecule has 0 saturated heterocycles. The molecule has 0 radical (unpaired) electrons. The Morgan fingerprint density at radius 3 is 2.49 bits per heavy atom. The molecule has 1 aliphatic heterocycles. The lowest BCUT2D eigenvalue weighted by molar-refractivity contribution is -0.139.